The monoisotopic (exact) mass is 1040 g/mol. The Morgan fingerprint density at radius 3 is 1.12 bits per heavy atom. The van der Waals surface area contributed by atoms with E-state index < -0.39 is 20.8 Å². The average molecular weight is 1040 g/mol. The Labute approximate surface area is 433 Å². The first kappa shape index (κ1) is 50.7. The van der Waals surface area contributed by atoms with Crippen LogP contribution in [0.25, 0.3) is 43.8 Å². The van der Waals surface area contributed by atoms with Gasteiger partial charge in [-0.2, -0.15) is 12.1 Å². The molecule has 0 atom stereocenters. The van der Waals surface area contributed by atoms with Crippen molar-refractivity contribution in [2.75, 3.05) is 0 Å². The van der Waals surface area contributed by atoms with Crippen LogP contribution in [0.15, 0.2) is 109 Å². The predicted molar refractivity (Wildman–Crippen MR) is 294 cm³/mol. The predicted octanol–water partition coefficient (Wildman–Crippen LogP) is 19.5. The van der Waals surface area contributed by atoms with Crippen LogP contribution in [0, 0.1) is 46.3 Å². The number of rotatable bonds is 8. The summed E-state index contributed by atoms with van der Waals surface area (Å²) in [6, 6.07) is 43.7. The second-order valence-electron chi connectivity index (χ2n) is 25.4. The van der Waals surface area contributed by atoms with Crippen LogP contribution in [0.2, 0.25) is 12.6 Å². The standard InChI is InChI=1S/2C30H35.C4H10Si.2ClH.Zr/c2*1-29(2,3)26-9-7-24(8-10-26)27-6-4-5-25-14-23(15-28(25)27)19-30-16-20-11-21(17-30)13-22(12-20)18-30;1-3-4-5-2;;;/h2*4-10,14-15,20-22H,11-13,16-19H2,1-3H3;3-4H2,1-2H3;2*1H;/q2*-1;;;;+4/p-2. The molecule has 0 amide bonds. The van der Waals surface area contributed by atoms with E-state index in [2.05, 4.69) is 164 Å². The first-order valence-corrected chi connectivity index (χ1v) is 34.8. The van der Waals surface area contributed by atoms with E-state index in [-0.39, 0.29) is 10.8 Å². The Morgan fingerprint density at radius 1 is 0.529 bits per heavy atom. The molecule has 0 nitrogen and oxygen atoms in total. The van der Waals surface area contributed by atoms with Crippen LogP contribution in [0.4, 0.5) is 0 Å². The van der Waals surface area contributed by atoms with Gasteiger partial charge in [0.1, 0.15) is 0 Å². The van der Waals surface area contributed by atoms with E-state index in [0.29, 0.717) is 10.8 Å². The molecule has 4 heteroatoms. The van der Waals surface area contributed by atoms with Crippen molar-refractivity contribution in [2.24, 2.45) is 46.3 Å². The van der Waals surface area contributed by atoms with Gasteiger partial charge in [0.2, 0.25) is 0 Å². The van der Waals surface area contributed by atoms with Gasteiger partial charge in [-0.15, -0.1) is 69.1 Å². The summed E-state index contributed by atoms with van der Waals surface area (Å²) in [5.41, 5.74) is 13.1. The van der Waals surface area contributed by atoms with Gasteiger partial charge < -0.3 is 0 Å². The average Bonchev–Trinajstić information content (AvgIpc) is 3.88. The molecule has 8 bridgehead atoms. The SMILES string of the molecule is CC(C)(C)c1ccc(-c2cccc3[cH-]c(CC45CC6CC(CC(C6)C4)C5)cc23)cc1.CC(C)(C)c1ccc(-c2cccc3[cH-]c(CC45CC6CC(CC(C6)C4)C5)cc23)cc1.CCC[Si]C.[Cl][Zr+2][Cl]. The number of hydrogen-bond donors (Lipinski definition) is 0. The summed E-state index contributed by atoms with van der Waals surface area (Å²) in [4.78, 5) is 0. The van der Waals surface area contributed by atoms with Gasteiger partial charge in [0.05, 0.1) is 0 Å². The summed E-state index contributed by atoms with van der Waals surface area (Å²) in [6.07, 6.45) is 22.2. The fourth-order valence-corrected chi connectivity index (χ4v) is 16.2. The molecule has 8 fully saturated rings. The number of halogens is 2. The number of fused-ring (bicyclic) bond motifs is 2. The van der Waals surface area contributed by atoms with E-state index in [1.54, 1.807) is 11.1 Å². The van der Waals surface area contributed by atoms with Crippen LogP contribution in [0.1, 0.15) is 154 Å². The number of hydrogen-bond acceptors (Lipinski definition) is 0. The van der Waals surface area contributed by atoms with Crippen LogP contribution >= 0.6 is 17.0 Å². The molecule has 2 radical (unpaired) electrons. The minimum atomic E-state index is -0.826. The summed E-state index contributed by atoms with van der Waals surface area (Å²) >= 11 is -0.826. The molecule has 8 aliphatic carbocycles. The van der Waals surface area contributed by atoms with Crippen molar-refractivity contribution in [3.8, 4) is 22.3 Å². The zero-order chi connectivity index (χ0) is 47.8. The molecule has 0 heterocycles. The molecule has 8 aliphatic rings. The summed E-state index contributed by atoms with van der Waals surface area (Å²) in [6.45, 7) is 18.2. The van der Waals surface area contributed by atoms with Crippen LogP contribution in [0.3, 0.4) is 0 Å². The topological polar surface area (TPSA) is 0 Å². The zero-order valence-electron chi connectivity index (χ0n) is 42.9. The van der Waals surface area contributed by atoms with Crippen molar-refractivity contribution in [3.63, 3.8) is 0 Å². The van der Waals surface area contributed by atoms with E-state index in [4.69, 9.17) is 17.0 Å². The van der Waals surface area contributed by atoms with Crippen molar-refractivity contribution >= 4 is 48.1 Å². The molecule has 0 aliphatic heterocycles. The molecule has 68 heavy (non-hydrogen) atoms. The van der Waals surface area contributed by atoms with Crippen molar-refractivity contribution < 1.29 is 20.8 Å². The van der Waals surface area contributed by atoms with E-state index in [9.17, 15) is 0 Å². The van der Waals surface area contributed by atoms with Gasteiger partial charge in [-0.1, -0.05) is 139 Å². The van der Waals surface area contributed by atoms with Crippen molar-refractivity contribution in [3.05, 3.63) is 131 Å². The fraction of sp³-hybridized carbons (Fsp3) is 0.531. The molecule has 14 rings (SSSR count). The quantitative estimate of drug-likeness (QED) is 0.105. The Kier molecular flexibility index (Phi) is 15.7. The molecule has 8 saturated carbocycles. The van der Waals surface area contributed by atoms with Gasteiger partial charge >= 0.3 is 37.9 Å². The Balaban J connectivity index is 0.000000147. The van der Waals surface area contributed by atoms with E-state index in [0.717, 1.165) is 45.0 Å². The molecular weight excluding hydrogens is 959 g/mol. The second-order valence-corrected chi connectivity index (χ2v) is 30.3. The molecule has 0 saturated heterocycles. The van der Waals surface area contributed by atoms with Crippen LogP contribution in [-0.4, -0.2) is 9.52 Å². The molecular formula is C64H80Cl2SiZr. The molecule has 6 aromatic rings. The number of benzene rings is 4. The van der Waals surface area contributed by atoms with Gasteiger partial charge in [0.15, 0.2) is 0 Å². The third-order valence-electron chi connectivity index (χ3n) is 17.7. The van der Waals surface area contributed by atoms with Gasteiger partial charge in [-0.3, -0.25) is 0 Å². The molecule has 6 aromatic carbocycles. The Hall–Kier alpha value is -2.22. The van der Waals surface area contributed by atoms with Gasteiger partial charge in [-0.25, -0.2) is 0 Å². The first-order valence-electron chi connectivity index (χ1n) is 26.8. The van der Waals surface area contributed by atoms with Crippen molar-refractivity contribution in [1.82, 2.24) is 0 Å². The molecule has 0 aromatic heterocycles. The summed E-state index contributed by atoms with van der Waals surface area (Å²) in [7, 11) is 11.0. The normalized spacial score (nSPS) is 27.5. The molecule has 0 N–H and O–H groups in total. The van der Waals surface area contributed by atoms with Gasteiger partial charge in [0, 0.05) is 9.52 Å². The Morgan fingerprint density at radius 2 is 0.853 bits per heavy atom. The maximum atomic E-state index is 4.93. The van der Waals surface area contributed by atoms with Crippen LogP contribution in [-0.2, 0) is 44.5 Å². The Bertz CT molecular complexity index is 2340. The van der Waals surface area contributed by atoms with Crippen molar-refractivity contribution in [2.45, 2.75) is 168 Å². The minimum absolute atomic E-state index is 0.204. The summed E-state index contributed by atoms with van der Waals surface area (Å²) < 4.78 is 0. The maximum absolute atomic E-state index is 4.93. The van der Waals surface area contributed by atoms with Crippen LogP contribution in [0.5, 0.6) is 0 Å². The zero-order valence-corrected chi connectivity index (χ0v) is 47.9. The van der Waals surface area contributed by atoms with Crippen LogP contribution < -0.4 is 0 Å². The van der Waals surface area contributed by atoms with Gasteiger partial charge in [-0.05, 0) is 169 Å². The van der Waals surface area contributed by atoms with Gasteiger partial charge in [0.25, 0.3) is 0 Å². The van der Waals surface area contributed by atoms with E-state index in [1.807, 2.05) is 0 Å². The van der Waals surface area contributed by atoms with E-state index in [1.165, 1.54) is 157 Å². The third kappa shape index (κ3) is 11.5. The fourth-order valence-electron chi connectivity index (χ4n) is 15.7. The van der Waals surface area contributed by atoms with E-state index >= 15 is 0 Å². The molecule has 358 valence electrons. The second kappa shape index (κ2) is 21.1. The molecule has 0 unspecified atom stereocenters. The molecule has 0 spiro atoms. The summed E-state index contributed by atoms with van der Waals surface area (Å²) in [5.74, 6) is 6.24. The summed E-state index contributed by atoms with van der Waals surface area (Å²) in [5, 5.41) is 5.74. The first-order chi connectivity index (χ1) is 32.6. The third-order valence-corrected chi connectivity index (χ3v) is 18.7. The van der Waals surface area contributed by atoms with Crippen molar-refractivity contribution in [1.29, 1.82) is 0 Å².